The van der Waals surface area contributed by atoms with E-state index in [2.05, 4.69) is 18.7 Å². The summed E-state index contributed by atoms with van der Waals surface area (Å²) >= 11 is 0. The zero-order valence-corrected chi connectivity index (χ0v) is 11.9. The third-order valence-electron chi connectivity index (χ3n) is 3.55. The number of hydrogen-bond acceptors (Lipinski definition) is 3. The third-order valence-corrected chi connectivity index (χ3v) is 3.55. The number of amides is 1. The summed E-state index contributed by atoms with van der Waals surface area (Å²) in [7, 11) is 0. The summed E-state index contributed by atoms with van der Waals surface area (Å²) in [5, 5.41) is 8.70. The van der Waals surface area contributed by atoms with Crippen molar-refractivity contribution in [3.63, 3.8) is 0 Å². The molecule has 1 N–H and O–H groups in total. The number of aliphatic hydroxyl groups is 1. The Morgan fingerprint density at radius 1 is 1.17 bits per heavy atom. The van der Waals surface area contributed by atoms with E-state index in [0.29, 0.717) is 6.42 Å². The Labute approximate surface area is 111 Å². The summed E-state index contributed by atoms with van der Waals surface area (Å²) in [5.41, 5.74) is 0. The Morgan fingerprint density at radius 2 is 1.83 bits per heavy atom. The van der Waals surface area contributed by atoms with Gasteiger partial charge in [-0.15, -0.1) is 0 Å². The first-order valence-corrected chi connectivity index (χ1v) is 7.24. The molecule has 1 saturated heterocycles. The second kappa shape index (κ2) is 8.48. The maximum absolute atomic E-state index is 11.9. The monoisotopic (exact) mass is 256 g/mol. The fourth-order valence-electron chi connectivity index (χ4n) is 2.21. The number of nitrogens with zero attached hydrogens (tertiary/aromatic N) is 2. The lowest BCUT2D eigenvalue weighted by Gasteiger charge is -2.35. The standard InChI is InChI=1S/C14H28N2O2/c1-13(2)6-7-15-8-10-16(11-9-15)14(18)5-3-4-12-17/h13,17H,3-12H2,1-2H3. The van der Waals surface area contributed by atoms with Crippen LogP contribution in [-0.4, -0.2) is 60.1 Å². The first-order valence-electron chi connectivity index (χ1n) is 7.24. The third kappa shape index (κ3) is 5.83. The Balaban J connectivity index is 2.16. The molecule has 0 aromatic heterocycles. The maximum Gasteiger partial charge on any atom is 0.222 e. The Morgan fingerprint density at radius 3 is 2.39 bits per heavy atom. The number of hydrogen-bond donors (Lipinski definition) is 1. The lowest BCUT2D eigenvalue weighted by atomic mass is 10.1. The van der Waals surface area contributed by atoms with Gasteiger partial charge in [0.2, 0.25) is 5.91 Å². The predicted molar refractivity (Wildman–Crippen MR) is 73.4 cm³/mol. The van der Waals surface area contributed by atoms with Gasteiger partial charge in [0.25, 0.3) is 0 Å². The van der Waals surface area contributed by atoms with Crippen LogP contribution >= 0.6 is 0 Å². The minimum absolute atomic E-state index is 0.191. The number of unbranched alkanes of at least 4 members (excludes halogenated alkanes) is 1. The number of rotatable bonds is 7. The van der Waals surface area contributed by atoms with Gasteiger partial charge in [0.15, 0.2) is 0 Å². The van der Waals surface area contributed by atoms with Crippen molar-refractivity contribution in [1.82, 2.24) is 9.80 Å². The molecule has 0 atom stereocenters. The largest absolute Gasteiger partial charge is 0.396 e. The average Bonchev–Trinajstić information content (AvgIpc) is 2.37. The molecule has 0 spiro atoms. The number of piperazine rings is 1. The number of carbonyl (C=O) groups is 1. The molecule has 0 aliphatic carbocycles. The van der Waals surface area contributed by atoms with Crippen LogP contribution in [0.25, 0.3) is 0 Å². The molecule has 0 aromatic carbocycles. The van der Waals surface area contributed by atoms with Crippen LogP contribution in [0.4, 0.5) is 0 Å². The molecule has 0 aromatic rings. The Bertz CT molecular complexity index is 236. The molecule has 0 radical (unpaired) electrons. The van der Waals surface area contributed by atoms with Crippen molar-refractivity contribution in [1.29, 1.82) is 0 Å². The summed E-state index contributed by atoms with van der Waals surface area (Å²) in [6, 6.07) is 0. The van der Waals surface area contributed by atoms with Gasteiger partial charge in [0.05, 0.1) is 0 Å². The van der Waals surface area contributed by atoms with Gasteiger partial charge < -0.3 is 10.0 Å². The average molecular weight is 256 g/mol. The lowest BCUT2D eigenvalue weighted by Crippen LogP contribution is -2.48. The molecule has 106 valence electrons. The van der Waals surface area contributed by atoms with E-state index in [1.165, 1.54) is 6.42 Å². The quantitative estimate of drug-likeness (QED) is 0.699. The normalized spacial score (nSPS) is 17.4. The molecule has 0 bridgehead atoms. The van der Waals surface area contributed by atoms with Gasteiger partial charge in [-0.2, -0.15) is 0 Å². The molecule has 4 nitrogen and oxygen atoms in total. The fourth-order valence-corrected chi connectivity index (χ4v) is 2.21. The smallest absolute Gasteiger partial charge is 0.222 e. The summed E-state index contributed by atoms with van der Waals surface area (Å²) < 4.78 is 0. The Kier molecular flexibility index (Phi) is 7.28. The molecular formula is C14H28N2O2. The molecule has 1 rings (SSSR count). The van der Waals surface area contributed by atoms with Gasteiger partial charge in [-0.1, -0.05) is 13.8 Å². The van der Waals surface area contributed by atoms with Crippen LogP contribution in [0, 0.1) is 5.92 Å². The highest BCUT2D eigenvalue weighted by atomic mass is 16.3. The second-order valence-corrected chi connectivity index (χ2v) is 5.59. The van der Waals surface area contributed by atoms with E-state index in [1.807, 2.05) is 4.90 Å². The van der Waals surface area contributed by atoms with E-state index in [4.69, 9.17) is 5.11 Å². The van der Waals surface area contributed by atoms with Crippen molar-refractivity contribution in [2.75, 3.05) is 39.3 Å². The summed E-state index contributed by atoms with van der Waals surface area (Å²) in [4.78, 5) is 16.3. The second-order valence-electron chi connectivity index (χ2n) is 5.59. The minimum atomic E-state index is 0.191. The molecule has 4 heteroatoms. The molecule has 0 saturated carbocycles. The van der Waals surface area contributed by atoms with Crippen LogP contribution in [0.2, 0.25) is 0 Å². The molecule has 1 aliphatic heterocycles. The van der Waals surface area contributed by atoms with Crippen LogP contribution in [0.1, 0.15) is 39.5 Å². The van der Waals surface area contributed by atoms with E-state index in [-0.39, 0.29) is 12.5 Å². The summed E-state index contributed by atoms with van der Waals surface area (Å²) in [6.07, 6.45) is 3.37. The first-order chi connectivity index (χ1) is 8.63. The molecule has 1 aliphatic rings. The van der Waals surface area contributed by atoms with Gasteiger partial charge in [0.1, 0.15) is 0 Å². The predicted octanol–water partition coefficient (Wildman–Crippen LogP) is 1.34. The van der Waals surface area contributed by atoms with E-state index in [0.717, 1.165) is 51.5 Å². The summed E-state index contributed by atoms with van der Waals surface area (Å²) in [6.45, 7) is 9.62. The van der Waals surface area contributed by atoms with Crippen LogP contribution in [0.15, 0.2) is 0 Å². The van der Waals surface area contributed by atoms with Crippen molar-refractivity contribution in [3.8, 4) is 0 Å². The molecular weight excluding hydrogens is 228 g/mol. The molecule has 0 unspecified atom stereocenters. The topological polar surface area (TPSA) is 43.8 Å². The molecule has 1 amide bonds. The highest BCUT2D eigenvalue weighted by Crippen LogP contribution is 2.08. The van der Waals surface area contributed by atoms with Crippen molar-refractivity contribution in [2.45, 2.75) is 39.5 Å². The van der Waals surface area contributed by atoms with Crippen LogP contribution in [-0.2, 0) is 4.79 Å². The van der Waals surface area contributed by atoms with Crippen LogP contribution in [0.3, 0.4) is 0 Å². The van der Waals surface area contributed by atoms with Crippen molar-refractivity contribution < 1.29 is 9.90 Å². The summed E-state index contributed by atoms with van der Waals surface area (Å²) in [5.74, 6) is 1.01. The van der Waals surface area contributed by atoms with Crippen molar-refractivity contribution in [3.05, 3.63) is 0 Å². The SMILES string of the molecule is CC(C)CCN1CCN(C(=O)CCCCO)CC1. The van der Waals surface area contributed by atoms with Gasteiger partial charge in [-0.05, 0) is 31.7 Å². The molecule has 18 heavy (non-hydrogen) atoms. The van der Waals surface area contributed by atoms with Crippen molar-refractivity contribution >= 4 is 5.91 Å². The van der Waals surface area contributed by atoms with Gasteiger partial charge in [-0.25, -0.2) is 0 Å². The van der Waals surface area contributed by atoms with E-state index >= 15 is 0 Å². The number of aliphatic hydroxyl groups excluding tert-OH is 1. The highest BCUT2D eigenvalue weighted by molar-refractivity contribution is 5.76. The lowest BCUT2D eigenvalue weighted by molar-refractivity contribution is -0.133. The van der Waals surface area contributed by atoms with Gasteiger partial charge in [-0.3, -0.25) is 9.69 Å². The first kappa shape index (κ1) is 15.4. The molecule has 1 fully saturated rings. The van der Waals surface area contributed by atoms with Crippen LogP contribution < -0.4 is 0 Å². The van der Waals surface area contributed by atoms with E-state index in [9.17, 15) is 4.79 Å². The molecule has 1 heterocycles. The van der Waals surface area contributed by atoms with Gasteiger partial charge in [0, 0.05) is 39.2 Å². The van der Waals surface area contributed by atoms with E-state index in [1.54, 1.807) is 0 Å². The fraction of sp³-hybridized carbons (Fsp3) is 0.929. The van der Waals surface area contributed by atoms with Crippen LogP contribution in [0.5, 0.6) is 0 Å². The van der Waals surface area contributed by atoms with Gasteiger partial charge >= 0.3 is 0 Å². The zero-order chi connectivity index (χ0) is 13.4. The van der Waals surface area contributed by atoms with Crippen molar-refractivity contribution in [2.24, 2.45) is 5.92 Å². The zero-order valence-electron chi connectivity index (χ0n) is 11.9. The Hall–Kier alpha value is -0.610. The maximum atomic E-state index is 11.9. The highest BCUT2D eigenvalue weighted by Gasteiger charge is 2.20. The number of carbonyl (C=O) groups excluding carboxylic acids is 1. The van der Waals surface area contributed by atoms with E-state index < -0.39 is 0 Å². The minimum Gasteiger partial charge on any atom is -0.396 e.